The number of ether oxygens (including phenoxy) is 1. The van der Waals surface area contributed by atoms with Crippen LogP contribution in [0, 0.1) is 5.41 Å². The van der Waals surface area contributed by atoms with Gasteiger partial charge in [-0.15, -0.1) is 0 Å². The summed E-state index contributed by atoms with van der Waals surface area (Å²) in [4.78, 5) is 2.37. The van der Waals surface area contributed by atoms with E-state index < -0.39 is 0 Å². The highest BCUT2D eigenvalue weighted by Gasteiger charge is 2.39. The lowest BCUT2D eigenvalue weighted by Gasteiger charge is -2.44. The van der Waals surface area contributed by atoms with Crippen LogP contribution in [0.1, 0.15) is 13.3 Å². The van der Waals surface area contributed by atoms with E-state index in [1.54, 1.807) is 0 Å². The summed E-state index contributed by atoms with van der Waals surface area (Å²) in [5, 5.41) is 9.36. The number of aliphatic hydroxyl groups is 1. The van der Waals surface area contributed by atoms with Crippen LogP contribution in [0.3, 0.4) is 0 Å². The van der Waals surface area contributed by atoms with Crippen molar-refractivity contribution < 1.29 is 9.84 Å². The number of hydrogen-bond donors (Lipinski definition) is 1. The van der Waals surface area contributed by atoms with Gasteiger partial charge in [0.15, 0.2) is 0 Å². The van der Waals surface area contributed by atoms with Gasteiger partial charge in [-0.25, -0.2) is 0 Å². The molecule has 0 amide bonds. The molecule has 0 spiro atoms. The molecule has 1 aliphatic heterocycles. The molecule has 1 saturated heterocycles. The van der Waals surface area contributed by atoms with Crippen molar-refractivity contribution in [3.63, 3.8) is 0 Å². The molecule has 1 atom stereocenters. The highest BCUT2D eigenvalue weighted by atomic mass is 32.2. The Hall–Kier alpha value is 0.230. The minimum absolute atomic E-state index is 0.0145. The minimum Gasteiger partial charge on any atom is -0.396 e. The Morgan fingerprint density at radius 2 is 2.20 bits per heavy atom. The van der Waals surface area contributed by atoms with Crippen LogP contribution in [0.5, 0.6) is 0 Å². The van der Waals surface area contributed by atoms with Crippen molar-refractivity contribution in [1.29, 1.82) is 0 Å². The molecule has 90 valence electrons. The van der Waals surface area contributed by atoms with Crippen molar-refractivity contribution >= 4 is 11.8 Å². The predicted molar refractivity (Wildman–Crippen MR) is 65.4 cm³/mol. The van der Waals surface area contributed by atoms with Gasteiger partial charge in [-0.05, 0) is 19.7 Å². The number of aliphatic hydroxyl groups excluding tert-OH is 1. The smallest absolute Gasteiger partial charge is 0.0579 e. The van der Waals surface area contributed by atoms with E-state index in [0.717, 1.165) is 12.3 Å². The highest BCUT2D eigenvalue weighted by molar-refractivity contribution is 7.98. The number of thioether (sulfide) groups is 1. The molecule has 15 heavy (non-hydrogen) atoms. The fourth-order valence-corrected chi connectivity index (χ4v) is 2.91. The molecule has 3 nitrogen and oxygen atoms in total. The first kappa shape index (κ1) is 13.3. The lowest BCUT2D eigenvalue weighted by molar-refractivity contribution is -0.148. The summed E-state index contributed by atoms with van der Waals surface area (Å²) < 4.78 is 5.21. The Morgan fingerprint density at radius 1 is 1.53 bits per heavy atom. The first-order valence-corrected chi connectivity index (χ1v) is 6.94. The molecule has 0 aromatic rings. The summed E-state index contributed by atoms with van der Waals surface area (Å²) in [5.41, 5.74) is 0.0145. The Labute approximate surface area is 97.2 Å². The van der Waals surface area contributed by atoms with E-state index >= 15 is 0 Å². The maximum Gasteiger partial charge on any atom is 0.0579 e. The first-order valence-electron chi connectivity index (χ1n) is 5.55. The van der Waals surface area contributed by atoms with Gasteiger partial charge in [0.05, 0.1) is 25.2 Å². The monoisotopic (exact) mass is 233 g/mol. The van der Waals surface area contributed by atoms with Crippen LogP contribution in [0.4, 0.5) is 0 Å². The third-order valence-corrected chi connectivity index (χ3v) is 3.91. The second-order valence-electron chi connectivity index (χ2n) is 4.58. The molecule has 0 radical (unpaired) electrons. The summed E-state index contributed by atoms with van der Waals surface area (Å²) in [6.45, 7) is 4.84. The van der Waals surface area contributed by atoms with Crippen LogP contribution >= 0.6 is 11.8 Å². The molecule has 1 aliphatic rings. The summed E-state index contributed by atoms with van der Waals surface area (Å²) in [6, 6.07) is 0.615. The second kappa shape index (κ2) is 6.09. The molecule has 4 heteroatoms. The van der Waals surface area contributed by atoms with Crippen LogP contribution in [0.25, 0.3) is 0 Å². The minimum atomic E-state index is 0.0145. The summed E-state index contributed by atoms with van der Waals surface area (Å²) in [5.74, 6) is 1.16. The molecule has 0 aromatic carbocycles. The standard InChI is InChI=1S/C11H23NO2S/c1-4-10(5-15-3)12(2)6-11(7-13)8-14-9-11/h10,13H,4-9H2,1-3H3. The molecule has 1 rings (SSSR count). The normalized spacial score (nSPS) is 21.4. The molecule has 1 fully saturated rings. The van der Waals surface area contributed by atoms with Crippen LogP contribution in [-0.2, 0) is 4.74 Å². The molecule has 0 aromatic heterocycles. The van der Waals surface area contributed by atoms with E-state index in [2.05, 4.69) is 25.1 Å². The van der Waals surface area contributed by atoms with E-state index in [1.165, 1.54) is 6.42 Å². The van der Waals surface area contributed by atoms with Gasteiger partial charge < -0.3 is 14.7 Å². The van der Waals surface area contributed by atoms with Crippen LogP contribution < -0.4 is 0 Å². The zero-order chi connectivity index (χ0) is 11.3. The number of rotatable bonds is 7. The third-order valence-electron chi connectivity index (χ3n) is 3.19. The molecule has 1 unspecified atom stereocenters. The third kappa shape index (κ3) is 3.34. The maximum atomic E-state index is 9.36. The Kier molecular flexibility index (Phi) is 5.39. The summed E-state index contributed by atoms with van der Waals surface area (Å²) in [6.07, 6.45) is 3.31. The van der Waals surface area contributed by atoms with Crippen molar-refractivity contribution in [2.45, 2.75) is 19.4 Å². The molecule has 1 N–H and O–H groups in total. The van der Waals surface area contributed by atoms with Crippen LogP contribution in [-0.4, -0.2) is 61.5 Å². The quantitative estimate of drug-likeness (QED) is 0.713. The zero-order valence-corrected chi connectivity index (χ0v) is 10.8. The van der Waals surface area contributed by atoms with Crippen molar-refractivity contribution in [2.24, 2.45) is 5.41 Å². The summed E-state index contributed by atoms with van der Waals surface area (Å²) in [7, 11) is 2.15. The second-order valence-corrected chi connectivity index (χ2v) is 5.49. The van der Waals surface area contributed by atoms with E-state index in [4.69, 9.17) is 4.74 Å². The predicted octanol–water partition coefficient (Wildman–Crippen LogP) is 1.07. The van der Waals surface area contributed by atoms with E-state index in [9.17, 15) is 5.11 Å². The topological polar surface area (TPSA) is 32.7 Å². The van der Waals surface area contributed by atoms with Crippen LogP contribution in [0.2, 0.25) is 0 Å². The molecular formula is C11H23NO2S. The SMILES string of the molecule is CCC(CSC)N(C)CC1(CO)COC1. The van der Waals surface area contributed by atoms with E-state index in [1.807, 2.05) is 11.8 Å². The van der Waals surface area contributed by atoms with Crippen molar-refractivity contribution in [3.8, 4) is 0 Å². The maximum absolute atomic E-state index is 9.36. The fraction of sp³-hybridized carbons (Fsp3) is 1.00. The number of nitrogens with zero attached hydrogens (tertiary/aromatic N) is 1. The van der Waals surface area contributed by atoms with Gasteiger partial charge in [0, 0.05) is 18.3 Å². The molecule has 0 saturated carbocycles. The van der Waals surface area contributed by atoms with Gasteiger partial charge in [-0.3, -0.25) is 0 Å². The van der Waals surface area contributed by atoms with Crippen molar-refractivity contribution in [1.82, 2.24) is 4.90 Å². The van der Waals surface area contributed by atoms with Gasteiger partial charge in [-0.2, -0.15) is 11.8 Å². The van der Waals surface area contributed by atoms with Crippen molar-refractivity contribution in [2.75, 3.05) is 45.4 Å². The Balaban J connectivity index is 2.41. The van der Waals surface area contributed by atoms with E-state index in [-0.39, 0.29) is 12.0 Å². The molecule has 0 bridgehead atoms. The fourth-order valence-electron chi connectivity index (χ4n) is 2.03. The average Bonchev–Trinajstić information content (AvgIpc) is 2.19. The molecule has 0 aliphatic carbocycles. The first-order chi connectivity index (χ1) is 7.17. The van der Waals surface area contributed by atoms with Gasteiger partial charge in [0.1, 0.15) is 0 Å². The number of hydrogen-bond acceptors (Lipinski definition) is 4. The van der Waals surface area contributed by atoms with Gasteiger partial charge >= 0.3 is 0 Å². The lowest BCUT2D eigenvalue weighted by atomic mass is 9.86. The lowest BCUT2D eigenvalue weighted by Crippen LogP contribution is -2.54. The molecule has 1 heterocycles. The Morgan fingerprint density at radius 3 is 2.53 bits per heavy atom. The zero-order valence-electron chi connectivity index (χ0n) is 10.0. The van der Waals surface area contributed by atoms with Crippen molar-refractivity contribution in [3.05, 3.63) is 0 Å². The van der Waals surface area contributed by atoms with Gasteiger partial charge in [0.2, 0.25) is 0 Å². The van der Waals surface area contributed by atoms with Crippen LogP contribution in [0.15, 0.2) is 0 Å². The van der Waals surface area contributed by atoms with E-state index in [0.29, 0.717) is 19.3 Å². The van der Waals surface area contributed by atoms with Gasteiger partial charge in [0.25, 0.3) is 0 Å². The summed E-state index contributed by atoms with van der Waals surface area (Å²) >= 11 is 1.89. The average molecular weight is 233 g/mol. The highest BCUT2D eigenvalue weighted by Crippen LogP contribution is 2.28. The molecular weight excluding hydrogens is 210 g/mol. The Bertz CT molecular complexity index is 180. The largest absolute Gasteiger partial charge is 0.396 e. The van der Waals surface area contributed by atoms with Gasteiger partial charge in [-0.1, -0.05) is 6.92 Å².